The molecule has 2 rings (SSSR count). The second-order valence-corrected chi connectivity index (χ2v) is 6.52. The number of nitrogens with one attached hydrogen (secondary N) is 2. The zero-order chi connectivity index (χ0) is 19.3. The highest BCUT2D eigenvalue weighted by molar-refractivity contribution is 5.94. The molecule has 1 saturated heterocycles. The van der Waals surface area contributed by atoms with Crippen molar-refractivity contribution in [1.29, 1.82) is 0 Å². The summed E-state index contributed by atoms with van der Waals surface area (Å²) in [5.74, 6) is -3.18. The fourth-order valence-corrected chi connectivity index (χ4v) is 3.04. The van der Waals surface area contributed by atoms with Crippen molar-refractivity contribution in [2.45, 2.75) is 32.7 Å². The van der Waals surface area contributed by atoms with E-state index in [2.05, 4.69) is 10.6 Å². The monoisotopic (exact) mass is 367 g/mol. The van der Waals surface area contributed by atoms with Crippen LogP contribution in [0.15, 0.2) is 18.2 Å². The Labute approximate surface area is 150 Å². The standard InChI is InChI=1S/C18H23F2N3O3/c1-11(2)16(23-10-4-7-14(23)24)18(26)22-9-8-21-17(25)15-12(19)5-3-6-13(15)20/h3,5-6,11,16H,4,7-10H2,1-2H3,(H,21,25)(H,22,26). The van der Waals surface area contributed by atoms with Gasteiger partial charge in [0.2, 0.25) is 11.8 Å². The lowest BCUT2D eigenvalue weighted by molar-refractivity contribution is -0.139. The molecule has 26 heavy (non-hydrogen) atoms. The molecule has 0 aromatic heterocycles. The number of amides is 3. The van der Waals surface area contributed by atoms with Crippen LogP contribution < -0.4 is 10.6 Å². The van der Waals surface area contributed by atoms with Gasteiger partial charge in [0.25, 0.3) is 5.91 Å². The molecule has 1 aromatic carbocycles. The van der Waals surface area contributed by atoms with Gasteiger partial charge in [-0.2, -0.15) is 0 Å². The first kappa shape index (κ1) is 19.8. The Morgan fingerprint density at radius 3 is 2.31 bits per heavy atom. The molecule has 8 heteroatoms. The van der Waals surface area contributed by atoms with E-state index in [0.717, 1.165) is 18.6 Å². The van der Waals surface area contributed by atoms with E-state index in [-0.39, 0.29) is 30.8 Å². The van der Waals surface area contributed by atoms with Gasteiger partial charge >= 0.3 is 0 Å². The second-order valence-electron chi connectivity index (χ2n) is 6.52. The van der Waals surface area contributed by atoms with Gasteiger partial charge in [-0.05, 0) is 24.5 Å². The second kappa shape index (κ2) is 8.73. The predicted octanol–water partition coefficient (Wildman–Crippen LogP) is 1.46. The van der Waals surface area contributed by atoms with Crippen molar-refractivity contribution in [3.05, 3.63) is 35.4 Å². The van der Waals surface area contributed by atoms with Crippen LogP contribution in [0.4, 0.5) is 8.78 Å². The largest absolute Gasteiger partial charge is 0.353 e. The Balaban J connectivity index is 1.85. The molecule has 3 amide bonds. The highest BCUT2D eigenvalue weighted by Gasteiger charge is 2.34. The number of halogens is 2. The van der Waals surface area contributed by atoms with Crippen LogP contribution in [0, 0.1) is 17.6 Å². The van der Waals surface area contributed by atoms with Gasteiger partial charge in [0.15, 0.2) is 0 Å². The molecule has 1 heterocycles. The molecule has 0 bridgehead atoms. The van der Waals surface area contributed by atoms with Gasteiger partial charge in [-0.3, -0.25) is 14.4 Å². The highest BCUT2D eigenvalue weighted by Crippen LogP contribution is 2.19. The number of hydrogen-bond donors (Lipinski definition) is 2. The van der Waals surface area contributed by atoms with E-state index in [1.807, 2.05) is 13.8 Å². The molecule has 1 aromatic rings. The smallest absolute Gasteiger partial charge is 0.257 e. The van der Waals surface area contributed by atoms with Gasteiger partial charge in [-0.1, -0.05) is 19.9 Å². The number of carbonyl (C=O) groups is 3. The summed E-state index contributed by atoms with van der Waals surface area (Å²) in [5.41, 5.74) is -0.651. The summed E-state index contributed by atoms with van der Waals surface area (Å²) in [6.07, 6.45) is 1.18. The molecule has 0 aliphatic carbocycles. The summed E-state index contributed by atoms with van der Waals surface area (Å²) in [6.45, 7) is 4.37. The van der Waals surface area contributed by atoms with E-state index >= 15 is 0 Å². The van der Waals surface area contributed by atoms with Crippen LogP contribution in [-0.4, -0.2) is 48.3 Å². The first-order valence-corrected chi connectivity index (χ1v) is 8.62. The predicted molar refractivity (Wildman–Crippen MR) is 91.3 cm³/mol. The molecule has 6 nitrogen and oxygen atoms in total. The lowest BCUT2D eigenvalue weighted by Gasteiger charge is -2.29. The molecule has 142 valence electrons. The van der Waals surface area contributed by atoms with Crippen molar-refractivity contribution in [2.24, 2.45) is 5.92 Å². The molecule has 1 fully saturated rings. The van der Waals surface area contributed by atoms with E-state index in [1.54, 1.807) is 4.90 Å². The lowest BCUT2D eigenvalue weighted by atomic mass is 10.0. The Kier molecular flexibility index (Phi) is 6.65. The SMILES string of the molecule is CC(C)C(C(=O)NCCNC(=O)c1c(F)cccc1F)N1CCCC1=O. The van der Waals surface area contributed by atoms with E-state index in [1.165, 1.54) is 6.07 Å². The van der Waals surface area contributed by atoms with Crippen molar-refractivity contribution in [1.82, 2.24) is 15.5 Å². The summed E-state index contributed by atoms with van der Waals surface area (Å²) in [6, 6.07) is 2.61. The molecule has 0 saturated carbocycles. The minimum absolute atomic E-state index is 0.0110. The third-order valence-electron chi connectivity index (χ3n) is 4.25. The zero-order valence-electron chi connectivity index (χ0n) is 14.9. The van der Waals surface area contributed by atoms with E-state index in [0.29, 0.717) is 13.0 Å². The van der Waals surface area contributed by atoms with E-state index < -0.39 is 29.1 Å². The van der Waals surface area contributed by atoms with Crippen LogP contribution in [0.25, 0.3) is 0 Å². The molecular weight excluding hydrogens is 344 g/mol. The van der Waals surface area contributed by atoms with Crippen molar-refractivity contribution in [3.63, 3.8) is 0 Å². The fourth-order valence-electron chi connectivity index (χ4n) is 3.04. The number of likely N-dealkylation sites (tertiary alicyclic amines) is 1. The summed E-state index contributed by atoms with van der Waals surface area (Å²) in [7, 11) is 0. The van der Waals surface area contributed by atoms with Crippen LogP contribution in [0.2, 0.25) is 0 Å². The maximum absolute atomic E-state index is 13.5. The summed E-state index contributed by atoms with van der Waals surface area (Å²) in [5, 5.41) is 5.03. The quantitative estimate of drug-likeness (QED) is 0.716. The Morgan fingerprint density at radius 2 is 1.77 bits per heavy atom. The molecule has 1 aliphatic heterocycles. The van der Waals surface area contributed by atoms with Crippen LogP contribution in [0.5, 0.6) is 0 Å². The Bertz CT molecular complexity index is 674. The van der Waals surface area contributed by atoms with Crippen molar-refractivity contribution in [3.8, 4) is 0 Å². The summed E-state index contributed by atoms with van der Waals surface area (Å²) in [4.78, 5) is 37.7. The van der Waals surface area contributed by atoms with Gasteiger partial charge in [0, 0.05) is 26.1 Å². The molecule has 2 N–H and O–H groups in total. The van der Waals surface area contributed by atoms with Crippen molar-refractivity contribution >= 4 is 17.7 Å². The maximum Gasteiger partial charge on any atom is 0.257 e. The van der Waals surface area contributed by atoms with Gasteiger partial charge < -0.3 is 15.5 Å². The average Bonchev–Trinajstić information content (AvgIpc) is 2.97. The van der Waals surface area contributed by atoms with E-state index in [4.69, 9.17) is 0 Å². The average molecular weight is 367 g/mol. The third kappa shape index (κ3) is 4.56. The zero-order valence-corrected chi connectivity index (χ0v) is 14.9. The number of benzene rings is 1. The first-order chi connectivity index (χ1) is 12.3. The molecule has 1 atom stereocenters. The normalized spacial score (nSPS) is 15.3. The fraction of sp³-hybridized carbons (Fsp3) is 0.500. The van der Waals surface area contributed by atoms with Crippen LogP contribution in [-0.2, 0) is 9.59 Å². The highest BCUT2D eigenvalue weighted by atomic mass is 19.1. The van der Waals surface area contributed by atoms with Gasteiger partial charge in [-0.15, -0.1) is 0 Å². The number of rotatable bonds is 7. The third-order valence-corrected chi connectivity index (χ3v) is 4.25. The minimum atomic E-state index is -0.945. The van der Waals surface area contributed by atoms with Crippen molar-refractivity contribution in [2.75, 3.05) is 19.6 Å². The molecule has 0 spiro atoms. The summed E-state index contributed by atoms with van der Waals surface area (Å²) < 4.78 is 27.1. The molecule has 0 radical (unpaired) electrons. The lowest BCUT2D eigenvalue weighted by Crippen LogP contribution is -2.51. The number of carbonyl (C=O) groups excluding carboxylic acids is 3. The molecule has 1 aliphatic rings. The van der Waals surface area contributed by atoms with Gasteiger partial charge in [0.1, 0.15) is 23.2 Å². The molecule has 1 unspecified atom stereocenters. The van der Waals surface area contributed by atoms with Gasteiger partial charge in [-0.25, -0.2) is 8.78 Å². The number of hydrogen-bond acceptors (Lipinski definition) is 3. The molecular formula is C18H23F2N3O3. The maximum atomic E-state index is 13.5. The van der Waals surface area contributed by atoms with Crippen LogP contribution in [0.3, 0.4) is 0 Å². The topological polar surface area (TPSA) is 78.5 Å². The first-order valence-electron chi connectivity index (χ1n) is 8.62. The number of nitrogens with zero attached hydrogens (tertiary/aromatic N) is 1. The van der Waals surface area contributed by atoms with Crippen molar-refractivity contribution < 1.29 is 23.2 Å². The van der Waals surface area contributed by atoms with E-state index in [9.17, 15) is 23.2 Å². The Morgan fingerprint density at radius 1 is 1.15 bits per heavy atom. The van der Waals surface area contributed by atoms with Crippen LogP contribution >= 0.6 is 0 Å². The van der Waals surface area contributed by atoms with Gasteiger partial charge in [0.05, 0.1) is 0 Å². The minimum Gasteiger partial charge on any atom is -0.353 e. The Hall–Kier alpha value is -2.51. The summed E-state index contributed by atoms with van der Waals surface area (Å²) >= 11 is 0. The van der Waals surface area contributed by atoms with Crippen LogP contribution in [0.1, 0.15) is 37.0 Å².